The van der Waals surface area contributed by atoms with Gasteiger partial charge in [0.05, 0.1) is 43.1 Å². The molecule has 12 nitrogen and oxygen atoms in total. The lowest BCUT2D eigenvalue weighted by Crippen LogP contribution is -2.60. The first-order chi connectivity index (χ1) is 15.6. The number of methoxy groups -OCH3 is 1. The van der Waals surface area contributed by atoms with Crippen LogP contribution in [0.15, 0.2) is 35.6 Å². The van der Waals surface area contributed by atoms with Gasteiger partial charge in [-0.05, 0) is 19.1 Å². The van der Waals surface area contributed by atoms with Crippen molar-refractivity contribution in [2.24, 2.45) is 11.8 Å². The van der Waals surface area contributed by atoms with Crippen LogP contribution in [0.2, 0.25) is 0 Å². The monoisotopic (exact) mass is 470 g/mol. The number of aliphatic hydroxyl groups is 5. The third kappa shape index (κ3) is 3.87. The van der Waals surface area contributed by atoms with Gasteiger partial charge in [-0.25, -0.2) is 9.59 Å². The second-order valence-corrected chi connectivity index (χ2v) is 8.33. The highest BCUT2D eigenvalue weighted by Crippen LogP contribution is 2.50. The number of rotatable bonds is 5. The van der Waals surface area contributed by atoms with E-state index in [1.807, 2.05) is 0 Å². The van der Waals surface area contributed by atoms with Gasteiger partial charge < -0.3 is 49.2 Å². The summed E-state index contributed by atoms with van der Waals surface area (Å²) in [6, 6.07) is 0. The summed E-state index contributed by atoms with van der Waals surface area (Å²) >= 11 is 0. The summed E-state index contributed by atoms with van der Waals surface area (Å²) in [5.74, 6) is -3.03. The zero-order valence-corrected chi connectivity index (χ0v) is 17.8. The second kappa shape index (κ2) is 8.80. The predicted octanol–water partition coefficient (Wildman–Crippen LogP) is -2.38. The summed E-state index contributed by atoms with van der Waals surface area (Å²) in [5, 5.41) is 49.8. The SMILES string of the molecule is COC(=O)C1=COC(OC2OC(CO)C(O)C(O)C2O)[C@H]2[C@@H]1C=C[C@@]21C=C(C(C)O)C(=O)O1. The molecule has 4 rings (SSSR count). The van der Waals surface area contributed by atoms with E-state index >= 15 is 0 Å². The number of carbonyl (C=O) groups is 2. The van der Waals surface area contributed by atoms with Gasteiger partial charge in [0.2, 0.25) is 6.29 Å². The highest BCUT2D eigenvalue weighted by Gasteiger charge is 2.59. The van der Waals surface area contributed by atoms with Crippen molar-refractivity contribution in [3.63, 3.8) is 0 Å². The lowest BCUT2D eigenvalue weighted by Gasteiger charge is -2.44. The minimum Gasteiger partial charge on any atom is -0.471 e. The lowest BCUT2D eigenvalue weighted by molar-refractivity contribution is -0.344. The fourth-order valence-corrected chi connectivity index (χ4v) is 4.57. The highest BCUT2D eigenvalue weighted by atomic mass is 16.8. The first-order valence-electron chi connectivity index (χ1n) is 10.4. The Morgan fingerprint density at radius 1 is 1.21 bits per heavy atom. The minimum atomic E-state index is -1.70. The maximum Gasteiger partial charge on any atom is 0.337 e. The molecule has 10 atom stereocenters. The van der Waals surface area contributed by atoms with Crippen LogP contribution in [0, 0.1) is 11.8 Å². The highest BCUT2D eigenvalue weighted by molar-refractivity contribution is 5.94. The van der Waals surface area contributed by atoms with Crippen molar-refractivity contribution in [2.45, 2.75) is 55.6 Å². The normalized spacial score (nSPS) is 42.8. The van der Waals surface area contributed by atoms with E-state index in [2.05, 4.69) is 0 Å². The van der Waals surface area contributed by atoms with Gasteiger partial charge in [-0.3, -0.25) is 0 Å². The maximum atomic E-state index is 12.4. The molecule has 1 fully saturated rings. The first-order valence-corrected chi connectivity index (χ1v) is 10.4. The zero-order chi connectivity index (χ0) is 24.1. The number of ether oxygens (including phenoxy) is 5. The molecule has 0 radical (unpaired) electrons. The van der Waals surface area contributed by atoms with Crippen molar-refractivity contribution >= 4 is 11.9 Å². The average molecular weight is 470 g/mol. The van der Waals surface area contributed by atoms with E-state index in [4.69, 9.17) is 23.7 Å². The van der Waals surface area contributed by atoms with Crippen molar-refractivity contribution in [1.82, 2.24) is 0 Å². The Labute approximate surface area is 188 Å². The molecule has 0 aromatic rings. The summed E-state index contributed by atoms with van der Waals surface area (Å²) in [7, 11) is 1.20. The topological polar surface area (TPSA) is 181 Å². The van der Waals surface area contributed by atoms with Crippen LogP contribution in [0.25, 0.3) is 0 Å². The van der Waals surface area contributed by atoms with Crippen molar-refractivity contribution in [3.8, 4) is 0 Å². The van der Waals surface area contributed by atoms with Gasteiger partial charge in [-0.1, -0.05) is 6.08 Å². The summed E-state index contributed by atoms with van der Waals surface area (Å²) in [4.78, 5) is 24.7. The minimum absolute atomic E-state index is 0.0149. The van der Waals surface area contributed by atoms with Gasteiger partial charge >= 0.3 is 11.9 Å². The van der Waals surface area contributed by atoms with Gasteiger partial charge in [-0.15, -0.1) is 0 Å². The molecule has 5 N–H and O–H groups in total. The van der Waals surface area contributed by atoms with E-state index in [-0.39, 0.29) is 11.1 Å². The Morgan fingerprint density at radius 2 is 1.94 bits per heavy atom. The Kier molecular flexibility index (Phi) is 6.35. The third-order valence-corrected chi connectivity index (χ3v) is 6.33. The smallest absolute Gasteiger partial charge is 0.337 e. The van der Waals surface area contributed by atoms with Gasteiger partial charge in [0.1, 0.15) is 24.4 Å². The van der Waals surface area contributed by atoms with E-state index < -0.39 is 79.1 Å². The molecule has 4 aliphatic rings. The summed E-state index contributed by atoms with van der Waals surface area (Å²) in [6.45, 7) is 0.750. The number of allylic oxidation sites excluding steroid dienone is 1. The molecule has 0 aromatic carbocycles. The van der Waals surface area contributed by atoms with Crippen LogP contribution in [-0.4, -0.2) is 99.9 Å². The fraction of sp³-hybridized carbons (Fsp3) is 0.619. The predicted molar refractivity (Wildman–Crippen MR) is 105 cm³/mol. The maximum absolute atomic E-state index is 12.4. The van der Waals surface area contributed by atoms with Gasteiger partial charge in [0.15, 0.2) is 11.9 Å². The summed E-state index contributed by atoms with van der Waals surface area (Å²) in [5.41, 5.74) is -1.30. The van der Waals surface area contributed by atoms with Crippen LogP contribution in [0.4, 0.5) is 0 Å². The largest absolute Gasteiger partial charge is 0.471 e. The Bertz CT molecular complexity index is 892. The molecule has 3 aliphatic heterocycles. The number of fused-ring (bicyclic) bond motifs is 2. The second-order valence-electron chi connectivity index (χ2n) is 8.33. The molecule has 33 heavy (non-hydrogen) atoms. The fourth-order valence-electron chi connectivity index (χ4n) is 4.57. The molecule has 0 aromatic heterocycles. The molecule has 0 saturated carbocycles. The molecular formula is C21H26O12. The van der Waals surface area contributed by atoms with E-state index in [9.17, 15) is 35.1 Å². The van der Waals surface area contributed by atoms with Gasteiger partial charge in [0.25, 0.3) is 0 Å². The number of hydrogen-bond donors (Lipinski definition) is 5. The van der Waals surface area contributed by atoms with Crippen LogP contribution >= 0.6 is 0 Å². The Hall–Kier alpha value is -2.32. The lowest BCUT2D eigenvalue weighted by atomic mass is 9.78. The molecule has 1 spiro atoms. The first kappa shape index (κ1) is 23.8. The van der Waals surface area contributed by atoms with Crippen molar-refractivity contribution in [1.29, 1.82) is 0 Å². The Morgan fingerprint density at radius 3 is 2.55 bits per heavy atom. The third-order valence-electron chi connectivity index (χ3n) is 6.33. The van der Waals surface area contributed by atoms with Crippen molar-refractivity contribution in [3.05, 3.63) is 35.6 Å². The van der Waals surface area contributed by atoms with Gasteiger partial charge in [-0.2, -0.15) is 0 Å². The van der Waals surface area contributed by atoms with E-state index in [1.165, 1.54) is 20.1 Å². The quantitative estimate of drug-likeness (QED) is 0.213. The summed E-state index contributed by atoms with van der Waals surface area (Å²) < 4.78 is 27.2. The average Bonchev–Trinajstić information content (AvgIpc) is 3.34. The van der Waals surface area contributed by atoms with Crippen LogP contribution in [0.5, 0.6) is 0 Å². The number of esters is 2. The Balaban J connectivity index is 1.67. The van der Waals surface area contributed by atoms with Crippen LogP contribution in [0.3, 0.4) is 0 Å². The molecule has 0 amide bonds. The number of hydrogen-bond acceptors (Lipinski definition) is 12. The van der Waals surface area contributed by atoms with E-state index in [0.717, 1.165) is 6.26 Å². The van der Waals surface area contributed by atoms with Crippen LogP contribution in [0.1, 0.15) is 6.92 Å². The van der Waals surface area contributed by atoms with Crippen LogP contribution in [-0.2, 0) is 33.3 Å². The van der Waals surface area contributed by atoms with Crippen LogP contribution < -0.4 is 0 Å². The van der Waals surface area contributed by atoms with E-state index in [1.54, 1.807) is 12.2 Å². The van der Waals surface area contributed by atoms with E-state index in [0.29, 0.717) is 0 Å². The van der Waals surface area contributed by atoms with Gasteiger partial charge in [0, 0.05) is 5.92 Å². The molecule has 1 aliphatic carbocycles. The molecular weight excluding hydrogens is 444 g/mol. The molecule has 3 heterocycles. The van der Waals surface area contributed by atoms with Crippen molar-refractivity contribution < 1.29 is 58.8 Å². The van der Waals surface area contributed by atoms with Crippen molar-refractivity contribution in [2.75, 3.05) is 13.7 Å². The molecule has 1 saturated heterocycles. The zero-order valence-electron chi connectivity index (χ0n) is 17.8. The number of carbonyl (C=O) groups excluding carboxylic acids is 2. The standard InChI is InChI=1S/C21H26O12/c1-8(23)10-5-21(33-18(10)28)4-3-9-11(17(27)29-2)7-30-19(13(9)21)32-20-16(26)15(25)14(24)12(6-22)31-20/h3-5,7-9,12-16,19-20,22-26H,6H2,1-2H3/t8?,9-,12?,13-,14?,15?,16?,19?,20?,21-/m1/s1. The number of aliphatic hydroxyl groups excluding tert-OH is 5. The molecule has 182 valence electrons. The summed E-state index contributed by atoms with van der Waals surface area (Å²) in [6.07, 6.45) is -4.38. The molecule has 0 bridgehead atoms. The molecule has 7 unspecified atom stereocenters. The molecule has 12 heteroatoms.